The third-order valence-electron chi connectivity index (χ3n) is 3.59. The van der Waals surface area contributed by atoms with Gasteiger partial charge in [0.2, 0.25) is 0 Å². The molecule has 0 radical (unpaired) electrons. The van der Waals surface area contributed by atoms with Crippen molar-refractivity contribution in [3.63, 3.8) is 0 Å². The van der Waals surface area contributed by atoms with Crippen LogP contribution in [-0.4, -0.2) is 0 Å². The molecule has 0 aliphatic heterocycles. The van der Waals surface area contributed by atoms with E-state index in [4.69, 9.17) is 8.83 Å². The van der Waals surface area contributed by atoms with E-state index in [9.17, 15) is 4.79 Å². The van der Waals surface area contributed by atoms with Crippen molar-refractivity contribution in [1.29, 1.82) is 0 Å². The predicted molar refractivity (Wildman–Crippen MR) is 82.4 cm³/mol. The number of furan rings is 1. The van der Waals surface area contributed by atoms with Crippen LogP contribution in [0.5, 0.6) is 0 Å². The van der Waals surface area contributed by atoms with E-state index in [1.54, 1.807) is 0 Å². The van der Waals surface area contributed by atoms with Crippen molar-refractivity contribution in [2.75, 3.05) is 0 Å². The Bertz CT molecular complexity index is 1010. The molecule has 0 amide bonds. The highest BCUT2D eigenvalue weighted by Gasteiger charge is 2.15. The van der Waals surface area contributed by atoms with Crippen LogP contribution >= 0.6 is 0 Å². The molecule has 102 valence electrons. The number of hydrogen-bond acceptors (Lipinski definition) is 3. The van der Waals surface area contributed by atoms with E-state index in [0.29, 0.717) is 11.3 Å². The lowest BCUT2D eigenvalue weighted by atomic mass is 10.1. The highest BCUT2D eigenvalue weighted by molar-refractivity contribution is 6.08. The summed E-state index contributed by atoms with van der Waals surface area (Å²) in [6, 6.07) is 17.0. The molecule has 0 saturated heterocycles. The predicted octanol–water partition coefficient (Wildman–Crippen LogP) is 4.51. The van der Waals surface area contributed by atoms with Crippen LogP contribution in [0, 0.1) is 6.92 Å². The Labute approximate surface area is 120 Å². The summed E-state index contributed by atoms with van der Waals surface area (Å²) < 4.78 is 11.3. The molecule has 2 heterocycles. The molecule has 2 aromatic carbocycles. The van der Waals surface area contributed by atoms with Crippen LogP contribution < -0.4 is 5.63 Å². The van der Waals surface area contributed by atoms with E-state index in [1.165, 1.54) is 6.07 Å². The number of benzene rings is 2. The second-order valence-electron chi connectivity index (χ2n) is 5.11. The van der Waals surface area contributed by atoms with Crippen LogP contribution in [0.4, 0.5) is 0 Å². The Hall–Kier alpha value is -2.81. The fourth-order valence-corrected chi connectivity index (χ4v) is 2.61. The maximum Gasteiger partial charge on any atom is 0.337 e. The largest absolute Gasteiger partial charge is 0.452 e. The van der Waals surface area contributed by atoms with E-state index >= 15 is 0 Å². The van der Waals surface area contributed by atoms with Gasteiger partial charge in [0.15, 0.2) is 11.3 Å². The highest BCUT2D eigenvalue weighted by atomic mass is 16.4. The smallest absolute Gasteiger partial charge is 0.337 e. The molecule has 0 spiro atoms. The summed E-state index contributed by atoms with van der Waals surface area (Å²) in [5.41, 5.74) is 2.95. The summed E-state index contributed by atoms with van der Waals surface area (Å²) in [7, 11) is 0. The number of rotatable bonds is 1. The lowest BCUT2D eigenvalue weighted by molar-refractivity contribution is 0.519. The van der Waals surface area contributed by atoms with Gasteiger partial charge in [0.1, 0.15) is 5.58 Å². The van der Waals surface area contributed by atoms with Crippen LogP contribution in [0.25, 0.3) is 33.3 Å². The minimum Gasteiger partial charge on any atom is -0.452 e. The fourth-order valence-electron chi connectivity index (χ4n) is 2.61. The lowest BCUT2D eigenvalue weighted by Crippen LogP contribution is -1.96. The molecule has 0 aliphatic rings. The summed E-state index contributed by atoms with van der Waals surface area (Å²) >= 11 is 0. The summed E-state index contributed by atoms with van der Waals surface area (Å²) in [5.74, 6) is 0.479. The quantitative estimate of drug-likeness (QED) is 0.513. The van der Waals surface area contributed by atoms with Crippen molar-refractivity contribution < 1.29 is 8.83 Å². The van der Waals surface area contributed by atoms with Gasteiger partial charge in [-0.2, -0.15) is 0 Å². The molecule has 3 nitrogen and oxygen atoms in total. The number of fused-ring (bicyclic) bond motifs is 3. The molecule has 0 unspecified atom stereocenters. The monoisotopic (exact) mass is 276 g/mol. The molecule has 0 atom stereocenters. The fraction of sp³-hybridized carbons (Fsp3) is 0.0556. The molecule has 4 rings (SSSR count). The topological polar surface area (TPSA) is 43.4 Å². The normalized spacial score (nSPS) is 11.3. The van der Waals surface area contributed by atoms with E-state index in [2.05, 4.69) is 0 Å². The van der Waals surface area contributed by atoms with Crippen molar-refractivity contribution >= 4 is 21.9 Å². The van der Waals surface area contributed by atoms with Crippen LogP contribution in [0.2, 0.25) is 0 Å². The molecule has 0 fully saturated rings. The van der Waals surface area contributed by atoms with E-state index in [1.807, 2.05) is 55.5 Å². The van der Waals surface area contributed by atoms with Gasteiger partial charge in [0, 0.05) is 22.4 Å². The highest BCUT2D eigenvalue weighted by Crippen LogP contribution is 2.34. The van der Waals surface area contributed by atoms with Gasteiger partial charge in [-0.3, -0.25) is 0 Å². The zero-order chi connectivity index (χ0) is 14.4. The molecule has 4 aromatic rings. The van der Waals surface area contributed by atoms with Crippen molar-refractivity contribution in [2.24, 2.45) is 0 Å². The molecule has 3 heteroatoms. The van der Waals surface area contributed by atoms with Gasteiger partial charge in [-0.05, 0) is 18.6 Å². The summed E-state index contributed by atoms with van der Waals surface area (Å²) in [6.07, 6.45) is 0. The third kappa shape index (κ3) is 1.86. The first-order valence-corrected chi connectivity index (χ1v) is 6.75. The minimum absolute atomic E-state index is 0.371. The summed E-state index contributed by atoms with van der Waals surface area (Å²) in [5, 5.41) is 1.72. The van der Waals surface area contributed by atoms with E-state index in [0.717, 1.165) is 27.5 Å². The zero-order valence-corrected chi connectivity index (χ0v) is 11.4. The average molecular weight is 276 g/mol. The first kappa shape index (κ1) is 12.0. The first-order chi connectivity index (χ1) is 10.2. The Kier molecular flexibility index (Phi) is 2.48. The molecule has 0 bridgehead atoms. The molecule has 2 aromatic heterocycles. The number of hydrogen-bond donors (Lipinski definition) is 0. The van der Waals surface area contributed by atoms with E-state index < -0.39 is 0 Å². The molecule has 0 saturated carbocycles. The van der Waals surface area contributed by atoms with Gasteiger partial charge < -0.3 is 8.83 Å². The summed E-state index contributed by atoms with van der Waals surface area (Å²) in [6.45, 7) is 2.01. The van der Waals surface area contributed by atoms with Gasteiger partial charge in [-0.25, -0.2) is 4.79 Å². The standard InChI is InChI=1S/C18H12O3/c1-11-7-8-13-14-10-16(19)21-17(12-5-3-2-4-6-12)18(14)20-15(13)9-11/h2-10H,1H3. The minimum atomic E-state index is -0.371. The van der Waals surface area contributed by atoms with Gasteiger partial charge in [-0.1, -0.05) is 42.5 Å². The van der Waals surface area contributed by atoms with Crippen molar-refractivity contribution in [3.8, 4) is 11.3 Å². The van der Waals surface area contributed by atoms with E-state index in [-0.39, 0.29) is 5.63 Å². The Morgan fingerprint density at radius 3 is 2.48 bits per heavy atom. The second kappa shape index (κ2) is 4.35. The SMILES string of the molecule is Cc1ccc2c(c1)oc1c(-c3ccccc3)oc(=O)cc12. The van der Waals surface area contributed by atoms with Gasteiger partial charge in [0.05, 0.1) is 0 Å². The van der Waals surface area contributed by atoms with Gasteiger partial charge >= 0.3 is 5.63 Å². The third-order valence-corrected chi connectivity index (χ3v) is 3.59. The molecule has 0 N–H and O–H groups in total. The average Bonchev–Trinajstić information content (AvgIpc) is 2.84. The van der Waals surface area contributed by atoms with Crippen molar-refractivity contribution in [2.45, 2.75) is 6.92 Å². The first-order valence-electron chi connectivity index (χ1n) is 6.75. The molecular weight excluding hydrogens is 264 g/mol. The van der Waals surface area contributed by atoms with Crippen LogP contribution in [0.3, 0.4) is 0 Å². The van der Waals surface area contributed by atoms with Crippen LogP contribution in [0.1, 0.15) is 5.56 Å². The van der Waals surface area contributed by atoms with Crippen LogP contribution in [0.15, 0.2) is 68.2 Å². The summed E-state index contributed by atoms with van der Waals surface area (Å²) in [4.78, 5) is 11.9. The molecule has 21 heavy (non-hydrogen) atoms. The second-order valence-corrected chi connectivity index (χ2v) is 5.11. The molecule has 0 aliphatic carbocycles. The van der Waals surface area contributed by atoms with Gasteiger partial charge in [0.25, 0.3) is 0 Å². The maximum absolute atomic E-state index is 11.9. The van der Waals surface area contributed by atoms with Gasteiger partial charge in [-0.15, -0.1) is 0 Å². The Morgan fingerprint density at radius 2 is 1.67 bits per heavy atom. The van der Waals surface area contributed by atoms with Crippen molar-refractivity contribution in [3.05, 3.63) is 70.6 Å². The Balaban J connectivity index is 2.17. The lowest BCUT2D eigenvalue weighted by Gasteiger charge is -1.99. The number of aryl methyl sites for hydroxylation is 1. The maximum atomic E-state index is 11.9. The van der Waals surface area contributed by atoms with Crippen LogP contribution in [-0.2, 0) is 0 Å². The van der Waals surface area contributed by atoms with Crippen molar-refractivity contribution in [1.82, 2.24) is 0 Å². The zero-order valence-electron chi connectivity index (χ0n) is 11.4. The molecular formula is C18H12O3. The Morgan fingerprint density at radius 1 is 0.857 bits per heavy atom.